The number of aromatic nitrogens is 3. The van der Waals surface area contributed by atoms with Gasteiger partial charge < -0.3 is 9.80 Å². The zero-order chi connectivity index (χ0) is 20.5. The number of para-hydroxylation sites is 1. The summed E-state index contributed by atoms with van der Waals surface area (Å²) in [6, 6.07) is 21.2. The topological polar surface area (TPSA) is 39.9 Å². The Morgan fingerprint density at radius 1 is 0.867 bits per heavy atom. The number of rotatable bonds is 4. The Morgan fingerprint density at radius 2 is 1.67 bits per heavy atom. The number of anilines is 4. The molecule has 6 heteroatoms. The monoisotopic (exact) mass is 398 g/mol. The van der Waals surface area contributed by atoms with Crippen LogP contribution in [0.15, 0.2) is 73.1 Å². The van der Waals surface area contributed by atoms with Crippen LogP contribution in [-0.4, -0.2) is 52.7 Å². The molecule has 1 fully saturated rings. The highest BCUT2D eigenvalue weighted by Crippen LogP contribution is 2.40. The van der Waals surface area contributed by atoms with E-state index in [1.54, 1.807) is 6.20 Å². The van der Waals surface area contributed by atoms with Gasteiger partial charge in [-0.1, -0.05) is 24.3 Å². The van der Waals surface area contributed by atoms with Gasteiger partial charge in [-0.15, -0.1) is 0 Å². The average Bonchev–Trinajstić information content (AvgIpc) is 3.26. The van der Waals surface area contributed by atoms with Crippen molar-refractivity contribution >= 4 is 28.5 Å². The summed E-state index contributed by atoms with van der Waals surface area (Å²) in [5, 5.41) is 4.55. The van der Waals surface area contributed by atoms with Crippen LogP contribution in [0.3, 0.4) is 0 Å². The molecule has 2 aromatic carbocycles. The van der Waals surface area contributed by atoms with E-state index in [1.165, 1.54) is 11.3 Å². The lowest BCUT2D eigenvalue weighted by molar-refractivity contribution is 0.313. The van der Waals surface area contributed by atoms with Crippen LogP contribution in [0.25, 0.3) is 5.65 Å². The first-order chi connectivity index (χ1) is 14.7. The molecule has 0 saturated carbocycles. The van der Waals surface area contributed by atoms with Crippen molar-refractivity contribution < 1.29 is 0 Å². The van der Waals surface area contributed by atoms with Crippen LogP contribution >= 0.6 is 0 Å². The Hall–Kier alpha value is -3.38. The van der Waals surface area contributed by atoms with Crippen LogP contribution < -0.4 is 9.80 Å². The molecule has 0 N–H and O–H groups in total. The maximum atomic E-state index is 4.55. The summed E-state index contributed by atoms with van der Waals surface area (Å²) in [6.45, 7) is 6.33. The fourth-order valence-electron chi connectivity index (χ4n) is 4.09. The number of likely N-dealkylation sites (N-methyl/N-ethyl adjacent to an activating group) is 1. The second-order valence-corrected chi connectivity index (χ2v) is 7.86. The van der Waals surface area contributed by atoms with Crippen LogP contribution in [0.4, 0.5) is 22.9 Å². The molecule has 6 nitrogen and oxygen atoms in total. The molecule has 0 aliphatic carbocycles. The van der Waals surface area contributed by atoms with E-state index in [0.717, 1.165) is 49.0 Å². The molecule has 1 aliphatic heterocycles. The molecule has 1 aliphatic rings. The van der Waals surface area contributed by atoms with Gasteiger partial charge in [-0.2, -0.15) is 9.61 Å². The molecule has 4 aromatic rings. The predicted molar refractivity (Wildman–Crippen MR) is 122 cm³/mol. The number of piperazine rings is 1. The highest BCUT2D eigenvalue weighted by Gasteiger charge is 2.23. The number of aryl methyl sites for hydroxylation is 1. The molecular weight excluding hydrogens is 372 g/mol. The van der Waals surface area contributed by atoms with Gasteiger partial charge in [-0.3, -0.25) is 4.90 Å². The quantitative estimate of drug-likeness (QED) is 0.514. The third-order valence-electron chi connectivity index (χ3n) is 5.73. The van der Waals surface area contributed by atoms with E-state index in [1.807, 2.05) is 28.9 Å². The van der Waals surface area contributed by atoms with Crippen LogP contribution in [0, 0.1) is 6.92 Å². The maximum Gasteiger partial charge on any atom is 0.157 e. The zero-order valence-corrected chi connectivity index (χ0v) is 17.4. The van der Waals surface area contributed by atoms with Crippen LogP contribution in [-0.2, 0) is 0 Å². The summed E-state index contributed by atoms with van der Waals surface area (Å²) in [7, 11) is 2.19. The Morgan fingerprint density at radius 3 is 2.47 bits per heavy atom. The van der Waals surface area contributed by atoms with Crippen molar-refractivity contribution in [2.24, 2.45) is 0 Å². The predicted octanol–water partition coefficient (Wildman–Crippen LogP) is 4.26. The summed E-state index contributed by atoms with van der Waals surface area (Å²) in [5.74, 6) is 0.968. The number of hydrogen-bond donors (Lipinski definition) is 0. The molecule has 0 unspecified atom stereocenters. The zero-order valence-electron chi connectivity index (χ0n) is 17.4. The van der Waals surface area contributed by atoms with Gasteiger partial charge in [0.2, 0.25) is 0 Å². The number of nitrogens with zero attached hydrogens (tertiary/aromatic N) is 6. The van der Waals surface area contributed by atoms with Gasteiger partial charge in [0.25, 0.3) is 0 Å². The summed E-state index contributed by atoms with van der Waals surface area (Å²) in [6.07, 6.45) is 3.65. The first-order valence-corrected chi connectivity index (χ1v) is 10.4. The van der Waals surface area contributed by atoms with Gasteiger partial charge in [-0.25, -0.2) is 4.98 Å². The van der Waals surface area contributed by atoms with Crippen molar-refractivity contribution in [3.05, 3.63) is 78.6 Å². The van der Waals surface area contributed by atoms with Gasteiger partial charge >= 0.3 is 0 Å². The van der Waals surface area contributed by atoms with E-state index in [4.69, 9.17) is 0 Å². The summed E-state index contributed by atoms with van der Waals surface area (Å²) in [4.78, 5) is 11.6. The molecule has 0 amide bonds. The summed E-state index contributed by atoms with van der Waals surface area (Å²) >= 11 is 0. The largest absolute Gasteiger partial charge is 0.367 e. The minimum atomic E-state index is 0.835. The maximum absolute atomic E-state index is 4.55. The Balaban J connectivity index is 1.70. The Kier molecular flexibility index (Phi) is 4.85. The average molecular weight is 399 g/mol. The van der Waals surface area contributed by atoms with Crippen molar-refractivity contribution in [3.63, 3.8) is 0 Å². The molecule has 1 saturated heterocycles. The molecule has 2 aromatic heterocycles. The lowest BCUT2D eigenvalue weighted by Crippen LogP contribution is -2.44. The number of fused-ring (bicyclic) bond motifs is 1. The first kappa shape index (κ1) is 18.6. The van der Waals surface area contributed by atoms with E-state index >= 15 is 0 Å². The van der Waals surface area contributed by atoms with E-state index < -0.39 is 0 Å². The molecule has 30 heavy (non-hydrogen) atoms. The van der Waals surface area contributed by atoms with E-state index in [-0.39, 0.29) is 0 Å². The molecule has 152 valence electrons. The fourth-order valence-corrected chi connectivity index (χ4v) is 4.09. The van der Waals surface area contributed by atoms with Gasteiger partial charge in [0, 0.05) is 44.1 Å². The molecular formula is C24H26N6. The van der Waals surface area contributed by atoms with Crippen LogP contribution in [0.5, 0.6) is 0 Å². The van der Waals surface area contributed by atoms with Crippen molar-refractivity contribution in [1.29, 1.82) is 0 Å². The minimum absolute atomic E-state index is 0.835. The van der Waals surface area contributed by atoms with E-state index in [9.17, 15) is 0 Å². The second kappa shape index (κ2) is 7.80. The van der Waals surface area contributed by atoms with Crippen LogP contribution in [0.1, 0.15) is 5.56 Å². The number of hydrogen-bond acceptors (Lipinski definition) is 5. The van der Waals surface area contributed by atoms with Crippen molar-refractivity contribution in [1.82, 2.24) is 19.5 Å². The van der Waals surface area contributed by atoms with Crippen molar-refractivity contribution in [2.45, 2.75) is 6.92 Å². The van der Waals surface area contributed by atoms with Gasteiger partial charge in [-0.05, 0) is 49.9 Å². The van der Waals surface area contributed by atoms with Gasteiger partial charge in [0.05, 0.1) is 17.6 Å². The molecule has 0 radical (unpaired) electrons. The highest BCUT2D eigenvalue weighted by atomic mass is 15.4. The molecule has 0 atom stereocenters. The normalized spacial score (nSPS) is 14.9. The fraction of sp³-hybridized carbons (Fsp3) is 0.250. The standard InChI is InChI=1S/C24H26N6/c1-19-8-9-21(22(18-19)28-16-14-27(2)15-17-28)29(20-6-4-3-5-7-20)24-11-12-25-23-10-13-26-30(23)24/h3-13,18H,14-17H2,1-2H3. The lowest BCUT2D eigenvalue weighted by Gasteiger charge is -2.37. The van der Waals surface area contributed by atoms with E-state index in [2.05, 4.69) is 81.2 Å². The third-order valence-corrected chi connectivity index (χ3v) is 5.73. The Bertz CT molecular complexity index is 1140. The van der Waals surface area contributed by atoms with Crippen molar-refractivity contribution in [2.75, 3.05) is 43.0 Å². The number of benzene rings is 2. The molecule has 3 heterocycles. The Labute approximate surface area is 177 Å². The van der Waals surface area contributed by atoms with E-state index in [0.29, 0.717) is 0 Å². The van der Waals surface area contributed by atoms with Gasteiger partial charge in [0.15, 0.2) is 5.65 Å². The molecule has 0 spiro atoms. The molecule has 0 bridgehead atoms. The van der Waals surface area contributed by atoms with Crippen molar-refractivity contribution in [3.8, 4) is 0 Å². The highest BCUT2D eigenvalue weighted by molar-refractivity contribution is 5.84. The summed E-state index contributed by atoms with van der Waals surface area (Å²) < 4.78 is 1.90. The first-order valence-electron chi connectivity index (χ1n) is 10.4. The smallest absolute Gasteiger partial charge is 0.157 e. The SMILES string of the molecule is Cc1ccc(N(c2ccccc2)c2ccnc3ccnn23)c(N2CCN(C)CC2)c1. The minimum Gasteiger partial charge on any atom is -0.367 e. The third kappa shape index (κ3) is 3.39. The summed E-state index contributed by atoms with van der Waals surface area (Å²) in [5.41, 5.74) is 5.60. The lowest BCUT2D eigenvalue weighted by atomic mass is 10.1. The van der Waals surface area contributed by atoms with Crippen LogP contribution in [0.2, 0.25) is 0 Å². The molecule has 5 rings (SSSR count). The second-order valence-electron chi connectivity index (χ2n) is 7.86. The van der Waals surface area contributed by atoms with Gasteiger partial charge in [0.1, 0.15) is 5.82 Å².